The highest BCUT2D eigenvalue weighted by atomic mass is 127. The van der Waals surface area contributed by atoms with Crippen LogP contribution < -0.4 is 52.6 Å². The lowest BCUT2D eigenvalue weighted by atomic mass is 10.1. The monoisotopic (exact) mass is 2480 g/mol. The smallest absolute Gasteiger partial charge is 0.270 e. The molecule has 3 aromatic heterocycles. The molecule has 27 nitrogen and oxygen atoms in total. The van der Waals surface area contributed by atoms with Gasteiger partial charge in [0.15, 0.2) is 0 Å². The van der Waals surface area contributed by atoms with Crippen LogP contribution in [0.5, 0.6) is 0 Å². The van der Waals surface area contributed by atoms with Crippen molar-refractivity contribution in [1.82, 2.24) is 24.9 Å². The number of thioether (sulfide) groups is 7. The van der Waals surface area contributed by atoms with Gasteiger partial charge in [-0.25, -0.2) is 0 Å². The minimum atomic E-state index is -0.366. The topological polar surface area (TPSA) is 364 Å². The molecule has 42 heteroatoms. The van der Waals surface area contributed by atoms with Crippen molar-refractivity contribution in [2.24, 2.45) is 11.7 Å². The van der Waals surface area contributed by atoms with Gasteiger partial charge in [0.1, 0.15) is 5.04 Å². The number of anilines is 7. The maximum Gasteiger partial charge on any atom is 0.270 e. The van der Waals surface area contributed by atoms with Crippen LogP contribution in [0.4, 0.5) is 56.9 Å². The highest BCUT2D eigenvalue weighted by Crippen LogP contribution is 2.43. The van der Waals surface area contributed by atoms with Gasteiger partial charge in [-0.15, -0.1) is 176 Å². The Kier molecular flexibility index (Phi) is 64.0. The molecule has 11 aliphatic heterocycles. The van der Waals surface area contributed by atoms with E-state index in [2.05, 4.69) is 138 Å². The number of hydrazine groups is 1. The zero-order valence-corrected chi connectivity index (χ0v) is 98.9. The molecule has 5 saturated heterocycles. The van der Waals surface area contributed by atoms with Gasteiger partial charge in [0.2, 0.25) is 0 Å². The van der Waals surface area contributed by atoms with Crippen LogP contribution in [0.2, 0.25) is 0 Å². The first-order chi connectivity index (χ1) is 69.9. The van der Waals surface area contributed by atoms with Gasteiger partial charge in [0, 0.05) is 222 Å². The molecule has 13 N–H and O–H groups in total. The predicted octanol–water partition coefficient (Wildman–Crippen LogP) is 24.9. The number of hydrogen-bond acceptors (Lipinski definition) is 33. The summed E-state index contributed by atoms with van der Waals surface area (Å²) < 4.78 is 1.18. The summed E-state index contributed by atoms with van der Waals surface area (Å²) in [5, 5.41) is 69.2. The number of nitro groups is 3. The number of nitrogens with zero attached hydrogens (tertiary/aromatic N) is 12. The standard InChI is InChI=1S/2C21H27N3S2.C15H21N3O2S.C15H23N3S.C11H13ClN2O2S.C8H8N2O2S.C6H7NS2.C4H9N.C3H6ClI.CH4.ClH.HI.H4N2.H2O/c2*22-18(20-5-3-13-25-20)15-17-6-7-19-21(16-17)26-14-12-24(19)11-4-10-23-8-1-2-9-23;19-18(20)13-4-5-14-15(12-13)21-11-10-17(14)9-3-8-16-6-1-2-7-16;16-13-4-5-14-15(12-13)19-11-10-18(14)9-3-8-17-6-1-2-7-17;12-4-1-5-13-6-7-17-11-8-9(14(15)16)2-3-10(11)13;11-10(12)6-1-2-7-8(5-6)13-4-3-9-7;1-8-6(7)5-3-2-4-9-5;1-2-4-5-3-1;4-2-1-3-5;;;;1-2;/h2*3,5-7,13,16,22H,1-2,4,8-12,14-15H2;4-5,12H,1-3,6-11H2;4-5,12H,1-3,6-11,16H2;2-3,8H,1,4-7H2;1-2,5,9H,3-4H2;2-4,7H,1H3;5H,1-4H2;1-3H2;1H4;2*1H;1-2H2;1H2. The van der Waals surface area contributed by atoms with Gasteiger partial charge in [0.25, 0.3) is 17.1 Å². The van der Waals surface area contributed by atoms with Crippen LogP contribution in [0.25, 0.3) is 0 Å². The summed E-state index contributed by atoms with van der Waals surface area (Å²) in [6.07, 6.45) is 24.2. The summed E-state index contributed by atoms with van der Waals surface area (Å²) >= 11 is 30.6. The SMILES string of the molecule is C.C1CCNC1.CSC(=N)c1cccs1.Cl.ClCCCI.I.N=C(Cc1ccc2c(c1)SCCN2CCCN1CCCC1)c1cccs1.N=C(Cc1ccc2c(c1)SCCN2CCCN1CCCC1)c1cccs1.NN.Nc1ccc2c(c1)SCCN2CCCN1CCCC1.O.O=[N+]([O-])c1ccc2c(c1)SCCN2.O=[N+]([O-])c1ccc2c(c1)SCCN2CCCCl.O=[N+]([O-])c1ccc2c(c1)SCCN2CCCN1CCCC1. The van der Waals surface area contributed by atoms with Crippen molar-refractivity contribution in [3.05, 3.63) is 218 Å². The normalized spacial score (nSPS) is 16.1. The van der Waals surface area contributed by atoms with Gasteiger partial charge in [-0.3, -0.25) is 47.4 Å². The number of alkyl halides is 3. The Labute approximate surface area is 961 Å². The van der Waals surface area contributed by atoms with Crippen LogP contribution in [0.1, 0.15) is 136 Å². The average Bonchev–Trinajstić information content (AvgIpc) is 0.891. The summed E-state index contributed by atoms with van der Waals surface area (Å²) in [7, 11) is 0. The zero-order chi connectivity index (χ0) is 101. The molecule has 0 saturated carbocycles. The molecule has 0 unspecified atom stereocenters. The molecule has 14 heterocycles. The van der Waals surface area contributed by atoms with E-state index >= 15 is 0 Å². The Morgan fingerprint density at radius 1 is 0.401 bits per heavy atom. The van der Waals surface area contributed by atoms with Crippen molar-refractivity contribution in [1.29, 1.82) is 16.2 Å². The van der Waals surface area contributed by atoms with Gasteiger partial charge in [0.05, 0.1) is 59.5 Å². The minimum Gasteiger partial charge on any atom is -0.412 e. The second-order valence-electron chi connectivity index (χ2n) is 35.7. The third-order valence-corrected chi connectivity index (χ3v) is 36.5. The Morgan fingerprint density at radius 3 is 1.03 bits per heavy atom. The number of benzene rings is 6. The number of fused-ring (bicyclic) bond motifs is 6. The molecule has 0 aliphatic carbocycles. The Morgan fingerprint density at radius 2 is 0.714 bits per heavy atom. The van der Waals surface area contributed by atoms with Crippen molar-refractivity contribution < 1.29 is 20.2 Å². The molecular weight excluding hydrogens is 2330 g/mol. The molecule has 5 fully saturated rings. The molecule has 147 heavy (non-hydrogen) atoms. The first-order valence-electron chi connectivity index (χ1n) is 50.2. The fourth-order valence-electron chi connectivity index (χ4n) is 18.2. The largest absolute Gasteiger partial charge is 0.412 e. The van der Waals surface area contributed by atoms with Crippen molar-refractivity contribution in [3.8, 4) is 0 Å². The van der Waals surface area contributed by atoms with Crippen LogP contribution in [0.15, 0.2) is 191 Å². The minimum absolute atomic E-state index is 0. The van der Waals surface area contributed by atoms with Crippen LogP contribution >= 0.6 is 199 Å². The Balaban J connectivity index is 0.000000230. The highest BCUT2D eigenvalue weighted by Gasteiger charge is 2.28. The van der Waals surface area contributed by atoms with Gasteiger partial charge in [-0.2, -0.15) is 0 Å². The molecule has 0 bridgehead atoms. The quantitative estimate of drug-likeness (QED) is 0.00292. The van der Waals surface area contributed by atoms with Crippen LogP contribution in [0.3, 0.4) is 0 Å². The molecule has 0 spiro atoms. The fraction of sp³-hybridized carbons (Fsp3) is 0.514. The van der Waals surface area contributed by atoms with E-state index in [4.69, 9.17) is 45.2 Å². The van der Waals surface area contributed by atoms with Crippen LogP contribution in [0, 0.1) is 46.6 Å². The lowest BCUT2D eigenvalue weighted by molar-refractivity contribution is -0.385. The highest BCUT2D eigenvalue weighted by molar-refractivity contribution is 14.1. The van der Waals surface area contributed by atoms with E-state index in [-0.39, 0.29) is 81.1 Å². The average molecular weight is 2490 g/mol. The Bertz CT molecular complexity index is 5180. The third-order valence-electron chi connectivity index (χ3n) is 25.5. The molecule has 6 aromatic carbocycles. The summed E-state index contributed by atoms with van der Waals surface area (Å²) in [5.41, 5.74) is 18.7. The van der Waals surface area contributed by atoms with Crippen molar-refractivity contribution >= 4 is 272 Å². The first-order valence-corrected chi connectivity index (χ1v) is 62.5. The van der Waals surface area contributed by atoms with E-state index in [0.717, 1.165) is 166 Å². The van der Waals surface area contributed by atoms with Crippen LogP contribution in [-0.2, 0) is 12.8 Å². The second kappa shape index (κ2) is 73.2. The summed E-state index contributed by atoms with van der Waals surface area (Å²) in [6, 6.07) is 47.3. The van der Waals surface area contributed by atoms with E-state index < -0.39 is 0 Å². The molecular formula is C105H153Cl3I2N20O7S10. The summed E-state index contributed by atoms with van der Waals surface area (Å²) in [5.74, 6) is 15.9. The summed E-state index contributed by atoms with van der Waals surface area (Å²) in [4.78, 5) is 64.0. The summed E-state index contributed by atoms with van der Waals surface area (Å²) in [6.45, 7) is 29.6. The maximum absolute atomic E-state index is 10.9. The number of likely N-dealkylation sites (tertiary alicyclic amines) is 4. The number of non-ortho nitro benzene ring substituents is 3. The van der Waals surface area contributed by atoms with E-state index in [1.54, 1.807) is 106 Å². The molecule has 20 rings (SSSR count). The van der Waals surface area contributed by atoms with Crippen molar-refractivity contribution in [2.75, 3.05) is 256 Å². The zero-order valence-electron chi connectivity index (χ0n) is 83.9. The number of nitrogens with one attached hydrogen (secondary N) is 5. The van der Waals surface area contributed by atoms with Gasteiger partial charge < -0.3 is 76.8 Å². The third kappa shape index (κ3) is 44.1. The number of rotatable bonds is 31. The molecule has 11 aliphatic rings. The van der Waals surface area contributed by atoms with E-state index in [1.165, 1.54) is 283 Å². The number of nitrogen functional groups attached to an aromatic ring is 1. The van der Waals surface area contributed by atoms with Gasteiger partial charge >= 0.3 is 0 Å². The van der Waals surface area contributed by atoms with Crippen molar-refractivity contribution in [2.45, 2.75) is 152 Å². The maximum atomic E-state index is 10.9. The van der Waals surface area contributed by atoms with E-state index in [9.17, 15) is 30.3 Å². The number of nitro benzene ring substituents is 3. The Hall–Kier alpha value is -5.31. The molecule has 0 atom stereocenters. The molecule has 9 aromatic rings. The molecule has 0 radical (unpaired) electrons. The van der Waals surface area contributed by atoms with Gasteiger partial charge in [-0.05, 0) is 307 Å². The molecule has 810 valence electrons. The van der Waals surface area contributed by atoms with E-state index in [0.29, 0.717) is 10.9 Å². The second-order valence-corrected chi connectivity index (χ2v) is 48.0. The number of halogens is 5. The number of hydrogen-bond donors (Lipinski definition) is 8. The fourth-order valence-corrected chi connectivity index (χ4v) is 28.3. The van der Waals surface area contributed by atoms with Gasteiger partial charge in [-0.1, -0.05) is 60.3 Å². The first kappa shape index (κ1) is 129. The lowest BCUT2D eigenvalue weighted by Gasteiger charge is -2.31. The number of thiophene rings is 3. The van der Waals surface area contributed by atoms with Crippen LogP contribution in [-0.4, -0.2) is 277 Å². The predicted molar refractivity (Wildman–Crippen MR) is 666 cm³/mol. The number of nitrogens with two attached hydrogens (primary N) is 3. The van der Waals surface area contributed by atoms with Crippen molar-refractivity contribution in [3.63, 3.8) is 0 Å². The molecule has 0 amide bonds. The van der Waals surface area contributed by atoms with E-state index in [1.807, 2.05) is 112 Å². The lowest BCUT2D eigenvalue weighted by Crippen LogP contribution is -2.32.